The van der Waals surface area contributed by atoms with Crippen molar-refractivity contribution in [2.24, 2.45) is 0 Å². The summed E-state index contributed by atoms with van der Waals surface area (Å²) >= 11 is 0. The minimum Gasteiger partial charge on any atom is -0.495 e. The third kappa shape index (κ3) is 8.64. The molecule has 0 spiro atoms. The van der Waals surface area contributed by atoms with Crippen molar-refractivity contribution < 1.29 is 23.9 Å². The lowest BCUT2D eigenvalue weighted by Crippen LogP contribution is -2.47. The molecule has 3 aromatic carbocycles. The number of carbonyl (C=O) groups is 3. The number of carbonyl (C=O) groups excluding carboxylic acids is 3. The molecule has 11 heteroatoms. The van der Waals surface area contributed by atoms with Crippen molar-refractivity contribution in [3.05, 3.63) is 83.6 Å². The standard InChI is InChI=1S/C36H43N5O5.ClH/c1-25-12-15-31(33(23-25)46-22-7-5-6-11-34(42)41-20-18-39(2)19-21-41)40(3)36(44)26-13-14-30(32(24-26)45-4)38-35(43)28-9-8-10-29-27(28)16-17-37-29;/h8-10,12-17,23-24,37H,5-7,11,18-22H2,1-4H3,(H,38,43);1H. The molecule has 1 saturated heterocycles. The van der Waals surface area contributed by atoms with Gasteiger partial charge >= 0.3 is 0 Å². The van der Waals surface area contributed by atoms with E-state index in [0.29, 0.717) is 47.0 Å². The number of piperazine rings is 1. The van der Waals surface area contributed by atoms with E-state index in [1.807, 2.05) is 48.2 Å². The second-order valence-corrected chi connectivity index (χ2v) is 11.8. The number of anilines is 2. The number of aryl methyl sites for hydroxylation is 1. The van der Waals surface area contributed by atoms with Gasteiger partial charge in [0.25, 0.3) is 11.8 Å². The highest BCUT2D eigenvalue weighted by Crippen LogP contribution is 2.32. The van der Waals surface area contributed by atoms with Crippen molar-refractivity contribution >= 4 is 52.4 Å². The lowest BCUT2D eigenvalue weighted by Gasteiger charge is -2.32. The van der Waals surface area contributed by atoms with Gasteiger partial charge in [0, 0.05) is 67.9 Å². The molecule has 10 nitrogen and oxygen atoms in total. The van der Waals surface area contributed by atoms with Gasteiger partial charge in [0.2, 0.25) is 5.91 Å². The molecule has 1 fully saturated rings. The quantitative estimate of drug-likeness (QED) is 0.177. The summed E-state index contributed by atoms with van der Waals surface area (Å²) < 4.78 is 11.7. The van der Waals surface area contributed by atoms with Gasteiger partial charge in [0.15, 0.2) is 0 Å². The Balaban J connectivity index is 0.00000500. The summed E-state index contributed by atoms with van der Waals surface area (Å²) in [6, 6.07) is 18.1. The van der Waals surface area contributed by atoms with E-state index in [0.717, 1.165) is 61.9 Å². The van der Waals surface area contributed by atoms with Crippen LogP contribution in [0.4, 0.5) is 11.4 Å². The summed E-state index contributed by atoms with van der Waals surface area (Å²) in [4.78, 5) is 48.2. The molecule has 1 aromatic heterocycles. The largest absolute Gasteiger partial charge is 0.495 e. The summed E-state index contributed by atoms with van der Waals surface area (Å²) in [5, 5.41) is 3.74. The molecule has 2 N–H and O–H groups in total. The Morgan fingerprint density at radius 3 is 2.49 bits per heavy atom. The van der Waals surface area contributed by atoms with Gasteiger partial charge in [-0.2, -0.15) is 0 Å². The molecule has 1 aliphatic heterocycles. The van der Waals surface area contributed by atoms with Gasteiger partial charge in [-0.1, -0.05) is 12.1 Å². The molecule has 0 saturated carbocycles. The molecule has 5 rings (SSSR count). The molecule has 0 aliphatic carbocycles. The van der Waals surface area contributed by atoms with Crippen LogP contribution in [-0.2, 0) is 4.79 Å². The molecule has 250 valence electrons. The second kappa shape index (κ2) is 16.3. The van der Waals surface area contributed by atoms with Crippen LogP contribution in [0, 0.1) is 6.92 Å². The maximum atomic E-state index is 13.6. The number of aromatic amines is 1. The third-order valence-corrected chi connectivity index (χ3v) is 8.47. The highest BCUT2D eigenvalue weighted by Gasteiger charge is 2.21. The van der Waals surface area contributed by atoms with Crippen LogP contribution in [-0.4, -0.2) is 86.5 Å². The van der Waals surface area contributed by atoms with Gasteiger partial charge in [-0.05, 0) is 87.3 Å². The second-order valence-electron chi connectivity index (χ2n) is 11.8. The number of ether oxygens (including phenoxy) is 2. The van der Waals surface area contributed by atoms with E-state index in [4.69, 9.17) is 9.47 Å². The number of benzene rings is 3. The normalized spacial score (nSPS) is 13.1. The highest BCUT2D eigenvalue weighted by atomic mass is 35.5. The number of hydrogen-bond acceptors (Lipinski definition) is 6. The Kier molecular flexibility index (Phi) is 12.3. The van der Waals surface area contributed by atoms with E-state index >= 15 is 0 Å². The number of rotatable bonds is 12. The van der Waals surface area contributed by atoms with Crippen LogP contribution in [0.15, 0.2) is 66.9 Å². The molecule has 1 aliphatic rings. The number of likely N-dealkylation sites (N-methyl/N-ethyl adjacent to an activating group) is 1. The van der Waals surface area contributed by atoms with Gasteiger partial charge in [-0.15, -0.1) is 12.4 Å². The number of H-pyrrole nitrogens is 1. The summed E-state index contributed by atoms with van der Waals surface area (Å²) in [7, 11) is 5.30. The molecule has 0 radical (unpaired) electrons. The molecular weight excluding hydrogens is 618 g/mol. The molecule has 4 aromatic rings. The van der Waals surface area contributed by atoms with Crippen LogP contribution < -0.4 is 19.7 Å². The first-order chi connectivity index (χ1) is 22.2. The van der Waals surface area contributed by atoms with E-state index in [9.17, 15) is 14.4 Å². The Bertz CT molecular complexity index is 1700. The van der Waals surface area contributed by atoms with Gasteiger partial charge < -0.3 is 34.5 Å². The topological polar surface area (TPSA) is 107 Å². The minimum atomic E-state index is -0.275. The monoisotopic (exact) mass is 661 g/mol. The van der Waals surface area contributed by atoms with E-state index in [2.05, 4.69) is 22.2 Å². The number of nitrogens with zero attached hydrogens (tertiary/aromatic N) is 3. The van der Waals surface area contributed by atoms with E-state index < -0.39 is 0 Å². The highest BCUT2D eigenvalue weighted by molar-refractivity contribution is 6.13. The van der Waals surface area contributed by atoms with Crippen LogP contribution in [0.5, 0.6) is 11.5 Å². The maximum Gasteiger partial charge on any atom is 0.258 e. The Labute approximate surface area is 282 Å². The van der Waals surface area contributed by atoms with Crippen molar-refractivity contribution in [1.29, 1.82) is 0 Å². The zero-order valence-electron chi connectivity index (χ0n) is 27.5. The molecule has 0 atom stereocenters. The zero-order chi connectivity index (χ0) is 32.6. The fourth-order valence-electron chi connectivity index (χ4n) is 5.67. The molecule has 0 bridgehead atoms. The molecular formula is C36H44ClN5O5. The Morgan fingerprint density at radius 1 is 0.936 bits per heavy atom. The minimum absolute atomic E-state index is 0. The summed E-state index contributed by atoms with van der Waals surface area (Å²) in [6.45, 7) is 5.94. The lowest BCUT2D eigenvalue weighted by molar-refractivity contribution is -0.132. The fourth-order valence-corrected chi connectivity index (χ4v) is 5.67. The van der Waals surface area contributed by atoms with E-state index in [-0.39, 0.29) is 30.1 Å². The zero-order valence-corrected chi connectivity index (χ0v) is 28.3. The van der Waals surface area contributed by atoms with Gasteiger partial charge in [-0.25, -0.2) is 0 Å². The molecule has 3 amide bonds. The first kappa shape index (κ1) is 35.3. The predicted molar refractivity (Wildman–Crippen MR) is 188 cm³/mol. The number of halogens is 1. The number of amides is 3. The van der Waals surface area contributed by atoms with Crippen LogP contribution in [0.3, 0.4) is 0 Å². The van der Waals surface area contributed by atoms with Crippen molar-refractivity contribution in [1.82, 2.24) is 14.8 Å². The van der Waals surface area contributed by atoms with Gasteiger partial charge in [0.1, 0.15) is 11.5 Å². The van der Waals surface area contributed by atoms with E-state index in [1.54, 1.807) is 42.4 Å². The van der Waals surface area contributed by atoms with Crippen molar-refractivity contribution in [2.45, 2.75) is 32.6 Å². The number of aromatic nitrogens is 1. The molecule has 47 heavy (non-hydrogen) atoms. The van der Waals surface area contributed by atoms with Crippen molar-refractivity contribution in [3.8, 4) is 11.5 Å². The summed E-state index contributed by atoms with van der Waals surface area (Å²) in [5.74, 6) is 0.711. The molecule has 2 heterocycles. The SMILES string of the molecule is COc1cc(C(=O)N(C)c2ccc(C)cc2OCCCCCC(=O)N2CCN(C)CC2)ccc1NC(=O)c1cccc2[nH]ccc12.Cl. The van der Waals surface area contributed by atoms with Gasteiger partial charge in [-0.3, -0.25) is 14.4 Å². The summed E-state index contributed by atoms with van der Waals surface area (Å²) in [5.41, 5.74) is 3.94. The summed E-state index contributed by atoms with van der Waals surface area (Å²) in [6.07, 6.45) is 4.88. The number of fused-ring (bicyclic) bond motifs is 1. The first-order valence-corrected chi connectivity index (χ1v) is 15.8. The predicted octanol–water partition coefficient (Wildman–Crippen LogP) is 6.15. The lowest BCUT2D eigenvalue weighted by atomic mass is 10.1. The van der Waals surface area contributed by atoms with Crippen LogP contribution in [0.25, 0.3) is 10.9 Å². The Hall–Kier alpha value is -4.54. The third-order valence-electron chi connectivity index (χ3n) is 8.47. The Morgan fingerprint density at radius 2 is 1.72 bits per heavy atom. The van der Waals surface area contributed by atoms with E-state index in [1.165, 1.54) is 7.11 Å². The number of methoxy groups -OCH3 is 1. The number of hydrogen-bond donors (Lipinski definition) is 2. The fraction of sp³-hybridized carbons (Fsp3) is 0.361. The van der Waals surface area contributed by atoms with Crippen molar-refractivity contribution in [3.63, 3.8) is 0 Å². The van der Waals surface area contributed by atoms with Crippen LogP contribution >= 0.6 is 12.4 Å². The maximum absolute atomic E-state index is 13.6. The average molecular weight is 662 g/mol. The van der Waals surface area contributed by atoms with Gasteiger partial charge in [0.05, 0.1) is 25.1 Å². The molecule has 0 unspecified atom stereocenters. The number of nitrogens with one attached hydrogen (secondary N) is 2. The average Bonchev–Trinajstić information content (AvgIpc) is 3.55. The van der Waals surface area contributed by atoms with Crippen LogP contribution in [0.2, 0.25) is 0 Å². The van der Waals surface area contributed by atoms with Crippen LogP contribution in [0.1, 0.15) is 52.0 Å². The smallest absolute Gasteiger partial charge is 0.258 e. The number of unbranched alkanes of at least 4 members (excludes halogenated alkanes) is 2. The first-order valence-electron chi connectivity index (χ1n) is 15.8. The van der Waals surface area contributed by atoms with Crippen molar-refractivity contribution in [2.75, 3.05) is 64.2 Å².